The molecule has 0 fully saturated rings. The molecule has 4 aromatic carbocycles. The van der Waals surface area contributed by atoms with Crippen LogP contribution in [-0.4, -0.2) is 26.1 Å². The number of para-hydroxylation sites is 2. The maximum absolute atomic E-state index is 14.4. The number of alkyl halides is 6. The highest BCUT2D eigenvalue weighted by Crippen LogP contribution is 2.47. The first-order chi connectivity index (χ1) is 20.5. The van der Waals surface area contributed by atoms with Gasteiger partial charge in [-0.2, -0.15) is 26.3 Å². The van der Waals surface area contributed by atoms with Gasteiger partial charge in [0.15, 0.2) is 0 Å². The van der Waals surface area contributed by atoms with Crippen molar-refractivity contribution in [1.82, 2.24) is 0 Å². The number of nitro groups is 2. The summed E-state index contributed by atoms with van der Waals surface area (Å²) in [5.41, 5.74) is -8.23. The molecule has 4 rings (SSSR count). The Morgan fingerprint density at radius 2 is 0.932 bits per heavy atom. The van der Waals surface area contributed by atoms with Crippen molar-refractivity contribution in [3.63, 3.8) is 0 Å². The third-order valence-electron chi connectivity index (χ3n) is 6.10. The minimum absolute atomic E-state index is 0.0351. The van der Waals surface area contributed by atoms with Crippen LogP contribution in [0, 0.1) is 20.2 Å². The van der Waals surface area contributed by atoms with Gasteiger partial charge in [0.2, 0.25) is 0 Å². The van der Waals surface area contributed by atoms with Crippen molar-refractivity contribution in [3.8, 4) is 11.5 Å². The van der Waals surface area contributed by atoms with Gasteiger partial charge in [-0.3, -0.25) is 30.0 Å². The van der Waals surface area contributed by atoms with Crippen molar-refractivity contribution in [2.24, 2.45) is 0 Å². The molecule has 0 saturated carbocycles. The van der Waals surface area contributed by atoms with Crippen molar-refractivity contribution >= 4 is 40.2 Å². The number of carbonyl (C=O) groups is 1. The van der Waals surface area contributed by atoms with Crippen LogP contribution in [0.4, 0.5) is 65.3 Å². The van der Waals surface area contributed by atoms with Crippen LogP contribution in [0.1, 0.15) is 11.1 Å². The molecule has 11 nitrogen and oxygen atoms in total. The summed E-state index contributed by atoms with van der Waals surface area (Å²) in [6.45, 7) is 0. The quantitative estimate of drug-likeness (QED) is 0.125. The van der Waals surface area contributed by atoms with E-state index in [2.05, 4.69) is 0 Å². The molecule has 44 heavy (non-hydrogen) atoms. The Morgan fingerprint density at radius 3 is 1.25 bits per heavy atom. The Labute approximate surface area is 241 Å². The zero-order chi connectivity index (χ0) is 32.6. The van der Waals surface area contributed by atoms with Crippen LogP contribution in [0.5, 0.6) is 11.5 Å². The molecule has 0 aromatic heterocycles. The van der Waals surface area contributed by atoms with Gasteiger partial charge in [-0.25, -0.2) is 4.79 Å². The summed E-state index contributed by atoms with van der Waals surface area (Å²) < 4.78 is 84.9. The summed E-state index contributed by atoms with van der Waals surface area (Å²) in [7, 11) is 0. The second-order valence-electron chi connectivity index (χ2n) is 8.84. The fraction of sp³-hybridized carbons (Fsp3) is 0.0741. The predicted molar refractivity (Wildman–Crippen MR) is 142 cm³/mol. The number of nitrogens with zero attached hydrogens (tertiary/aromatic N) is 4. The van der Waals surface area contributed by atoms with Crippen molar-refractivity contribution in [3.05, 3.63) is 116 Å². The summed E-state index contributed by atoms with van der Waals surface area (Å²) in [5.74, 6) is -2.11. The molecule has 0 aliphatic heterocycles. The lowest BCUT2D eigenvalue weighted by molar-refractivity contribution is -0.385. The highest BCUT2D eigenvalue weighted by atomic mass is 19.4. The third-order valence-corrected chi connectivity index (χ3v) is 6.10. The van der Waals surface area contributed by atoms with Gasteiger partial charge in [0.1, 0.15) is 11.5 Å². The van der Waals surface area contributed by atoms with Gasteiger partial charge in [0.05, 0.1) is 55.9 Å². The minimum atomic E-state index is -5.21. The van der Waals surface area contributed by atoms with Crippen molar-refractivity contribution in [1.29, 1.82) is 0 Å². The van der Waals surface area contributed by atoms with Gasteiger partial charge in [-0.05, 0) is 36.4 Å². The summed E-state index contributed by atoms with van der Waals surface area (Å²) in [4.78, 5) is 35.2. The highest BCUT2D eigenvalue weighted by Gasteiger charge is 2.42. The van der Waals surface area contributed by atoms with E-state index in [0.29, 0.717) is 36.4 Å². The fourth-order valence-electron chi connectivity index (χ4n) is 4.22. The molecule has 2 amide bonds. The Hall–Kier alpha value is -5.87. The Bertz CT molecular complexity index is 1660. The lowest BCUT2D eigenvalue weighted by atomic mass is 10.1. The number of phenols is 2. The van der Waals surface area contributed by atoms with E-state index in [1.807, 2.05) is 0 Å². The molecule has 0 bridgehead atoms. The van der Waals surface area contributed by atoms with Gasteiger partial charge >= 0.3 is 18.4 Å². The number of halogens is 6. The SMILES string of the molecule is O=C(N(c1ccc([N+](=O)[O-])cc1O)c1ccc([N+](=O)[O-])cc1O)N(c1ccccc1C(F)(F)F)c1ccccc1C(F)(F)F. The molecule has 2 N–H and O–H groups in total. The van der Waals surface area contributed by atoms with Crippen LogP contribution in [0.25, 0.3) is 0 Å². The van der Waals surface area contributed by atoms with Crippen LogP contribution >= 0.6 is 0 Å². The standard InChI is InChI=1S/C27H16F6N4O7/c28-26(29,30)17-5-1-3-7-19(17)34(20-8-4-2-6-18(20)27(31,32)33)25(40)35(21-11-9-15(36(41)42)13-23(21)38)22-12-10-16(37(43)44)14-24(22)39/h1-14,38-39H. The largest absolute Gasteiger partial charge is 0.505 e. The number of phenolic OH excluding ortho intramolecular Hbond substituents is 2. The van der Waals surface area contributed by atoms with Gasteiger partial charge in [0, 0.05) is 12.1 Å². The van der Waals surface area contributed by atoms with Crippen LogP contribution in [0.2, 0.25) is 0 Å². The van der Waals surface area contributed by atoms with E-state index >= 15 is 0 Å². The van der Waals surface area contributed by atoms with Crippen LogP contribution in [0.15, 0.2) is 84.9 Å². The molecular formula is C27H16F6N4O7. The first kappa shape index (κ1) is 31.1. The molecule has 0 spiro atoms. The molecule has 17 heteroatoms. The van der Waals surface area contributed by atoms with Crippen LogP contribution < -0.4 is 9.80 Å². The summed E-state index contributed by atoms with van der Waals surface area (Å²) >= 11 is 0. The van der Waals surface area contributed by atoms with E-state index in [-0.39, 0.29) is 9.80 Å². The second-order valence-corrected chi connectivity index (χ2v) is 8.84. The molecule has 0 atom stereocenters. The van der Waals surface area contributed by atoms with E-state index in [4.69, 9.17) is 0 Å². The zero-order valence-corrected chi connectivity index (χ0v) is 21.6. The number of nitro benzene ring substituents is 2. The Balaban J connectivity index is 2.10. The number of aromatic hydroxyl groups is 2. The number of carbonyl (C=O) groups excluding carboxylic acids is 1. The van der Waals surface area contributed by atoms with E-state index < -0.39 is 85.0 Å². The number of amides is 2. The van der Waals surface area contributed by atoms with E-state index in [0.717, 1.165) is 48.5 Å². The first-order valence-electron chi connectivity index (χ1n) is 11.9. The zero-order valence-electron chi connectivity index (χ0n) is 21.6. The predicted octanol–water partition coefficient (Wildman–Crippen LogP) is 8.05. The Kier molecular flexibility index (Phi) is 8.07. The lowest BCUT2D eigenvalue weighted by Crippen LogP contribution is -2.40. The normalized spacial score (nSPS) is 11.6. The summed E-state index contributed by atoms with van der Waals surface area (Å²) in [6.07, 6.45) is -10.4. The molecule has 4 aromatic rings. The van der Waals surface area contributed by atoms with E-state index in [9.17, 15) is 61.6 Å². The molecule has 0 aliphatic rings. The number of hydrogen-bond acceptors (Lipinski definition) is 7. The van der Waals surface area contributed by atoms with Crippen LogP contribution in [-0.2, 0) is 12.4 Å². The third kappa shape index (κ3) is 6.01. The second kappa shape index (κ2) is 11.4. The van der Waals surface area contributed by atoms with Crippen LogP contribution in [0.3, 0.4) is 0 Å². The van der Waals surface area contributed by atoms with Crippen molar-refractivity contribution in [2.45, 2.75) is 12.4 Å². The van der Waals surface area contributed by atoms with Gasteiger partial charge < -0.3 is 10.2 Å². The average Bonchev–Trinajstić information content (AvgIpc) is 2.94. The molecule has 0 saturated heterocycles. The van der Waals surface area contributed by atoms with Crippen molar-refractivity contribution in [2.75, 3.05) is 9.80 Å². The monoisotopic (exact) mass is 622 g/mol. The molecule has 0 unspecified atom stereocenters. The average molecular weight is 622 g/mol. The molecule has 0 aliphatic carbocycles. The van der Waals surface area contributed by atoms with E-state index in [1.54, 1.807) is 0 Å². The Morgan fingerprint density at radius 1 is 0.591 bits per heavy atom. The number of rotatable bonds is 6. The maximum Gasteiger partial charge on any atom is 0.418 e. The van der Waals surface area contributed by atoms with Gasteiger partial charge in [-0.15, -0.1) is 0 Å². The van der Waals surface area contributed by atoms with Gasteiger partial charge in [0.25, 0.3) is 11.4 Å². The number of non-ortho nitro benzene ring substituents is 2. The maximum atomic E-state index is 14.4. The number of hydrogen-bond donors (Lipinski definition) is 2. The van der Waals surface area contributed by atoms with E-state index in [1.165, 1.54) is 0 Å². The highest BCUT2D eigenvalue weighted by molar-refractivity contribution is 6.14. The molecule has 0 heterocycles. The molecular weight excluding hydrogens is 606 g/mol. The molecule has 228 valence electrons. The number of anilines is 4. The summed E-state index contributed by atoms with van der Waals surface area (Å²) in [5, 5.41) is 43.8. The summed E-state index contributed by atoms with van der Waals surface area (Å²) in [6, 6.07) is 8.62. The van der Waals surface area contributed by atoms with Crippen molar-refractivity contribution < 1.29 is 51.2 Å². The smallest absolute Gasteiger partial charge is 0.418 e. The lowest BCUT2D eigenvalue weighted by Gasteiger charge is -2.34. The number of benzene rings is 4. The number of urea groups is 1. The topological polar surface area (TPSA) is 150 Å². The van der Waals surface area contributed by atoms with Gasteiger partial charge in [-0.1, -0.05) is 24.3 Å². The first-order valence-corrected chi connectivity index (χ1v) is 11.9. The fourth-order valence-corrected chi connectivity index (χ4v) is 4.22. The minimum Gasteiger partial charge on any atom is -0.505 e. The molecule has 0 radical (unpaired) electrons.